The van der Waals surface area contributed by atoms with E-state index in [-0.39, 0.29) is 12.7 Å². The van der Waals surface area contributed by atoms with E-state index in [9.17, 15) is 4.79 Å². The van der Waals surface area contributed by atoms with Crippen LogP contribution in [0.1, 0.15) is 18.5 Å². The number of carboxylic acid groups (broad SMARTS) is 1. The van der Waals surface area contributed by atoms with Gasteiger partial charge in [0.15, 0.2) is 5.13 Å². The number of piperidine rings is 1. The highest BCUT2D eigenvalue weighted by molar-refractivity contribution is 7.13. The maximum Gasteiger partial charge on any atom is 0.329 e. The van der Waals surface area contributed by atoms with E-state index in [1.807, 2.05) is 12.3 Å². The molecule has 94 valence electrons. The summed E-state index contributed by atoms with van der Waals surface area (Å²) >= 11 is 1.66. The zero-order valence-electron chi connectivity index (χ0n) is 9.76. The van der Waals surface area contributed by atoms with E-state index in [0.29, 0.717) is 0 Å². The Kier molecular flexibility index (Phi) is 3.96. The van der Waals surface area contributed by atoms with E-state index in [1.54, 1.807) is 11.3 Å². The molecule has 17 heavy (non-hydrogen) atoms. The highest BCUT2D eigenvalue weighted by Gasteiger charge is 2.21. The highest BCUT2D eigenvalue weighted by Crippen LogP contribution is 2.24. The third-order valence-corrected chi connectivity index (χ3v) is 3.78. The van der Waals surface area contributed by atoms with Gasteiger partial charge in [0, 0.05) is 18.5 Å². The molecule has 0 bridgehead atoms. The number of aliphatic carboxylic acids is 1. The Morgan fingerprint density at radius 1 is 1.65 bits per heavy atom. The number of aromatic nitrogens is 1. The number of aryl methyl sites for hydroxylation is 1. The molecule has 1 aromatic rings. The maximum atomic E-state index is 10.4. The molecule has 1 N–H and O–H groups in total. The van der Waals surface area contributed by atoms with Crippen molar-refractivity contribution < 1.29 is 14.6 Å². The van der Waals surface area contributed by atoms with Crippen molar-refractivity contribution in [2.24, 2.45) is 0 Å². The highest BCUT2D eigenvalue weighted by atomic mass is 32.1. The number of hydrogen-bond acceptors (Lipinski definition) is 5. The smallest absolute Gasteiger partial charge is 0.329 e. The molecule has 1 aliphatic rings. The van der Waals surface area contributed by atoms with E-state index < -0.39 is 5.97 Å². The van der Waals surface area contributed by atoms with E-state index in [2.05, 4.69) is 9.88 Å². The number of carbonyl (C=O) groups is 1. The maximum absolute atomic E-state index is 10.4. The molecule has 1 aliphatic heterocycles. The summed E-state index contributed by atoms with van der Waals surface area (Å²) in [7, 11) is 0. The Bertz CT molecular complexity index is 386. The number of rotatable bonds is 4. The molecule has 0 atom stereocenters. The van der Waals surface area contributed by atoms with Crippen LogP contribution in [0.5, 0.6) is 0 Å². The number of thiazole rings is 1. The first kappa shape index (κ1) is 12.3. The molecular weight excluding hydrogens is 240 g/mol. The van der Waals surface area contributed by atoms with Gasteiger partial charge in [0.2, 0.25) is 0 Å². The van der Waals surface area contributed by atoms with Crippen LogP contribution >= 0.6 is 11.3 Å². The van der Waals surface area contributed by atoms with Crippen LogP contribution in [0.3, 0.4) is 0 Å². The molecule has 1 fully saturated rings. The molecule has 0 unspecified atom stereocenters. The van der Waals surface area contributed by atoms with Crippen LogP contribution in [0.25, 0.3) is 0 Å². The molecule has 2 rings (SSSR count). The first-order valence-electron chi connectivity index (χ1n) is 5.65. The van der Waals surface area contributed by atoms with Gasteiger partial charge in [-0.3, -0.25) is 0 Å². The van der Waals surface area contributed by atoms with E-state index in [4.69, 9.17) is 9.84 Å². The predicted octanol–water partition coefficient (Wildman–Crippen LogP) is 1.52. The molecule has 6 heteroatoms. The van der Waals surface area contributed by atoms with Crippen molar-refractivity contribution in [2.75, 3.05) is 24.6 Å². The van der Waals surface area contributed by atoms with Gasteiger partial charge in [-0.15, -0.1) is 11.3 Å². The van der Waals surface area contributed by atoms with Crippen molar-refractivity contribution in [3.05, 3.63) is 11.1 Å². The van der Waals surface area contributed by atoms with Gasteiger partial charge in [-0.25, -0.2) is 9.78 Å². The van der Waals surface area contributed by atoms with Crippen molar-refractivity contribution in [1.82, 2.24) is 4.98 Å². The van der Waals surface area contributed by atoms with Crippen LogP contribution in [-0.4, -0.2) is 41.9 Å². The molecular formula is C11H16N2O3S. The lowest BCUT2D eigenvalue weighted by atomic mass is 10.1. The molecule has 0 amide bonds. The molecule has 1 aromatic heterocycles. The summed E-state index contributed by atoms with van der Waals surface area (Å²) in [6.45, 7) is 3.57. The monoisotopic (exact) mass is 256 g/mol. The van der Waals surface area contributed by atoms with Crippen molar-refractivity contribution >= 4 is 22.4 Å². The third-order valence-electron chi connectivity index (χ3n) is 2.76. The second kappa shape index (κ2) is 5.46. The molecule has 2 heterocycles. The molecule has 0 aliphatic carbocycles. The molecule has 0 aromatic carbocycles. The van der Waals surface area contributed by atoms with Crippen LogP contribution < -0.4 is 4.90 Å². The van der Waals surface area contributed by atoms with Crippen LogP contribution in [0.4, 0.5) is 5.13 Å². The van der Waals surface area contributed by atoms with Gasteiger partial charge in [-0.2, -0.15) is 0 Å². The zero-order chi connectivity index (χ0) is 12.3. The molecule has 0 saturated carbocycles. The van der Waals surface area contributed by atoms with Crippen molar-refractivity contribution in [2.45, 2.75) is 25.9 Å². The van der Waals surface area contributed by atoms with Gasteiger partial charge in [0.25, 0.3) is 0 Å². The van der Waals surface area contributed by atoms with Gasteiger partial charge < -0.3 is 14.7 Å². The Labute approximate surface area is 104 Å². The predicted molar refractivity (Wildman–Crippen MR) is 65.7 cm³/mol. The summed E-state index contributed by atoms with van der Waals surface area (Å²) < 4.78 is 5.29. The van der Waals surface area contributed by atoms with Gasteiger partial charge in [0.1, 0.15) is 6.61 Å². The van der Waals surface area contributed by atoms with Gasteiger partial charge in [-0.05, 0) is 19.8 Å². The average molecular weight is 256 g/mol. The summed E-state index contributed by atoms with van der Waals surface area (Å²) in [5.74, 6) is -0.900. The Hall–Kier alpha value is -1.14. The first-order valence-corrected chi connectivity index (χ1v) is 6.53. The quantitative estimate of drug-likeness (QED) is 0.885. The topological polar surface area (TPSA) is 62.7 Å². The zero-order valence-corrected chi connectivity index (χ0v) is 10.6. The summed E-state index contributed by atoms with van der Waals surface area (Å²) in [6, 6.07) is 0. The summed E-state index contributed by atoms with van der Waals surface area (Å²) in [5.41, 5.74) is 1.05. The fourth-order valence-corrected chi connectivity index (χ4v) is 2.75. The molecule has 1 saturated heterocycles. The number of hydrogen-bond donors (Lipinski definition) is 1. The molecule has 0 spiro atoms. The lowest BCUT2D eigenvalue weighted by Crippen LogP contribution is -2.37. The van der Waals surface area contributed by atoms with Crippen LogP contribution in [0, 0.1) is 6.92 Å². The Morgan fingerprint density at radius 2 is 2.35 bits per heavy atom. The fourth-order valence-electron chi connectivity index (χ4n) is 1.89. The van der Waals surface area contributed by atoms with Gasteiger partial charge in [0.05, 0.1) is 11.8 Å². The van der Waals surface area contributed by atoms with Crippen molar-refractivity contribution in [1.29, 1.82) is 0 Å². The second-order valence-corrected chi connectivity index (χ2v) is 5.00. The first-order chi connectivity index (χ1) is 8.15. The van der Waals surface area contributed by atoms with E-state index >= 15 is 0 Å². The largest absolute Gasteiger partial charge is 0.480 e. The van der Waals surface area contributed by atoms with Crippen molar-refractivity contribution in [3.8, 4) is 0 Å². The van der Waals surface area contributed by atoms with Gasteiger partial charge >= 0.3 is 5.97 Å². The van der Waals surface area contributed by atoms with Crippen molar-refractivity contribution in [3.63, 3.8) is 0 Å². The number of anilines is 1. The standard InChI is InChI=1S/C11H16N2O3S/c1-8-7-17-11(12-8)13-4-2-9(3-5-13)16-6-10(14)15/h7,9H,2-6H2,1H3,(H,14,15). The third kappa shape index (κ3) is 3.41. The minimum absolute atomic E-state index is 0.0726. The van der Waals surface area contributed by atoms with Gasteiger partial charge in [-0.1, -0.05) is 0 Å². The molecule has 0 radical (unpaired) electrons. The Balaban J connectivity index is 1.80. The average Bonchev–Trinajstić information content (AvgIpc) is 2.74. The SMILES string of the molecule is Cc1csc(N2CCC(OCC(=O)O)CC2)n1. The van der Waals surface area contributed by atoms with Crippen LogP contribution in [0.15, 0.2) is 5.38 Å². The number of nitrogens with zero attached hydrogens (tertiary/aromatic N) is 2. The van der Waals surface area contributed by atoms with E-state index in [0.717, 1.165) is 36.8 Å². The summed E-state index contributed by atoms with van der Waals surface area (Å²) in [5, 5.41) is 11.6. The summed E-state index contributed by atoms with van der Waals surface area (Å²) in [6.07, 6.45) is 1.81. The second-order valence-electron chi connectivity index (χ2n) is 4.16. The number of ether oxygens (including phenoxy) is 1. The minimum atomic E-state index is -0.900. The Morgan fingerprint density at radius 3 is 2.88 bits per heavy atom. The minimum Gasteiger partial charge on any atom is -0.480 e. The molecule has 5 nitrogen and oxygen atoms in total. The summed E-state index contributed by atoms with van der Waals surface area (Å²) in [4.78, 5) is 17.1. The van der Waals surface area contributed by atoms with E-state index in [1.165, 1.54) is 0 Å². The fraction of sp³-hybridized carbons (Fsp3) is 0.636. The number of carboxylic acids is 1. The lowest BCUT2D eigenvalue weighted by Gasteiger charge is -2.31. The van der Waals surface area contributed by atoms with Crippen LogP contribution in [0.2, 0.25) is 0 Å². The normalized spacial score (nSPS) is 17.4. The van der Waals surface area contributed by atoms with Crippen LogP contribution in [-0.2, 0) is 9.53 Å². The lowest BCUT2D eigenvalue weighted by molar-refractivity contribution is -0.144.